The third kappa shape index (κ3) is 4.44. The molecular formula is C52H33N3. The Morgan fingerprint density at radius 3 is 1.20 bits per heavy atom. The second kappa shape index (κ2) is 11.6. The van der Waals surface area contributed by atoms with Gasteiger partial charge in [0.25, 0.3) is 0 Å². The lowest BCUT2D eigenvalue weighted by Crippen LogP contribution is -1.95. The van der Waals surface area contributed by atoms with Crippen LogP contribution in [0, 0.1) is 0 Å². The van der Waals surface area contributed by atoms with Crippen molar-refractivity contribution in [1.82, 2.24) is 13.7 Å². The average Bonchev–Trinajstić information content (AvgIpc) is 3.88. The molecule has 0 bridgehead atoms. The SMILES string of the molecule is c1ccc(-n2c3ccccc3c3cc(-c4ccc5c(c4)c4cc6ccccc6cc4n5-c4ccc5c(c4)c4ccccc4n5-c4ccccc4)ccc32)cc1. The lowest BCUT2D eigenvalue weighted by molar-refractivity contribution is 1.17. The standard InChI is InChI=1S/C52H33N3/c1-3-15-38(16-4-1)53-47-21-11-9-19-41(47)43-30-36(23-26-49(43)53)37-24-27-50-44(31-37)45-29-34-13-7-8-14-35(34)32-52(45)55(50)40-25-28-51-46(33-40)42-20-10-12-22-48(42)54(51)39-17-5-2-6-18-39/h1-33H. The molecule has 0 saturated carbocycles. The van der Waals surface area contributed by atoms with Crippen LogP contribution in [0.5, 0.6) is 0 Å². The van der Waals surface area contributed by atoms with Crippen LogP contribution in [-0.4, -0.2) is 13.7 Å². The zero-order valence-corrected chi connectivity index (χ0v) is 29.9. The Morgan fingerprint density at radius 2 is 0.618 bits per heavy atom. The molecule has 3 nitrogen and oxygen atoms in total. The lowest BCUT2D eigenvalue weighted by Gasteiger charge is -2.11. The molecule has 0 unspecified atom stereocenters. The molecular weight excluding hydrogens is 667 g/mol. The van der Waals surface area contributed by atoms with Crippen molar-refractivity contribution in [3.63, 3.8) is 0 Å². The molecule has 3 heteroatoms. The molecule has 55 heavy (non-hydrogen) atoms. The molecule has 0 amide bonds. The van der Waals surface area contributed by atoms with E-state index < -0.39 is 0 Å². The number of nitrogens with zero attached hydrogens (tertiary/aromatic N) is 3. The highest BCUT2D eigenvalue weighted by atomic mass is 15.0. The van der Waals surface area contributed by atoms with Crippen LogP contribution in [0.3, 0.4) is 0 Å². The summed E-state index contributed by atoms with van der Waals surface area (Å²) >= 11 is 0. The fourth-order valence-electron chi connectivity index (χ4n) is 9.13. The molecule has 0 N–H and O–H groups in total. The number of hydrogen-bond acceptors (Lipinski definition) is 0. The zero-order valence-electron chi connectivity index (χ0n) is 29.9. The van der Waals surface area contributed by atoms with Gasteiger partial charge in [-0.25, -0.2) is 0 Å². The van der Waals surface area contributed by atoms with Crippen LogP contribution in [0.4, 0.5) is 0 Å². The molecule has 3 aromatic heterocycles. The molecule has 0 fully saturated rings. The van der Waals surface area contributed by atoms with Gasteiger partial charge in [-0.1, -0.05) is 109 Å². The van der Waals surface area contributed by atoms with Crippen molar-refractivity contribution < 1.29 is 0 Å². The second-order valence-corrected chi connectivity index (χ2v) is 14.6. The van der Waals surface area contributed by atoms with Gasteiger partial charge in [-0.15, -0.1) is 0 Å². The topological polar surface area (TPSA) is 14.8 Å². The molecule has 9 aromatic carbocycles. The Hall–Kier alpha value is -7.36. The van der Waals surface area contributed by atoms with E-state index in [4.69, 9.17) is 0 Å². The van der Waals surface area contributed by atoms with Crippen molar-refractivity contribution >= 4 is 76.2 Å². The van der Waals surface area contributed by atoms with Crippen LogP contribution >= 0.6 is 0 Å². The van der Waals surface area contributed by atoms with E-state index in [0.717, 1.165) is 5.69 Å². The van der Waals surface area contributed by atoms with Crippen LogP contribution in [0.2, 0.25) is 0 Å². The van der Waals surface area contributed by atoms with Crippen molar-refractivity contribution in [2.45, 2.75) is 0 Å². The van der Waals surface area contributed by atoms with Crippen molar-refractivity contribution in [2.75, 3.05) is 0 Å². The summed E-state index contributed by atoms with van der Waals surface area (Å²) < 4.78 is 7.23. The third-order valence-electron chi connectivity index (χ3n) is 11.6. The monoisotopic (exact) mass is 699 g/mol. The maximum Gasteiger partial charge on any atom is 0.0547 e. The quantitative estimate of drug-likeness (QED) is 0.174. The molecule has 0 atom stereocenters. The molecule has 12 aromatic rings. The molecule has 0 saturated heterocycles. The van der Waals surface area contributed by atoms with Gasteiger partial charge in [0.05, 0.1) is 33.1 Å². The van der Waals surface area contributed by atoms with Crippen molar-refractivity contribution in [1.29, 1.82) is 0 Å². The summed E-state index contributed by atoms with van der Waals surface area (Å²) in [5, 5.41) is 10.00. The van der Waals surface area contributed by atoms with Gasteiger partial charge in [-0.2, -0.15) is 0 Å². The van der Waals surface area contributed by atoms with E-state index in [-0.39, 0.29) is 0 Å². The van der Waals surface area contributed by atoms with E-state index in [1.165, 1.54) is 98.7 Å². The number of benzene rings is 9. The molecule has 0 spiro atoms. The maximum atomic E-state index is 2.46. The van der Waals surface area contributed by atoms with Crippen LogP contribution in [-0.2, 0) is 0 Å². The summed E-state index contributed by atoms with van der Waals surface area (Å²) in [4.78, 5) is 0. The van der Waals surface area contributed by atoms with Crippen LogP contribution in [0.25, 0.3) is 104 Å². The minimum atomic E-state index is 1.15. The summed E-state index contributed by atoms with van der Waals surface area (Å²) in [7, 11) is 0. The predicted molar refractivity (Wildman–Crippen MR) is 232 cm³/mol. The third-order valence-corrected chi connectivity index (χ3v) is 11.6. The minimum Gasteiger partial charge on any atom is -0.309 e. The average molecular weight is 700 g/mol. The lowest BCUT2D eigenvalue weighted by atomic mass is 10.00. The number of fused-ring (bicyclic) bond motifs is 10. The molecule has 3 heterocycles. The Balaban J connectivity index is 1.09. The van der Waals surface area contributed by atoms with E-state index in [2.05, 4.69) is 214 Å². The van der Waals surface area contributed by atoms with Gasteiger partial charge in [0.1, 0.15) is 0 Å². The van der Waals surface area contributed by atoms with Gasteiger partial charge in [0, 0.05) is 49.4 Å². The highest BCUT2D eigenvalue weighted by Gasteiger charge is 2.19. The van der Waals surface area contributed by atoms with E-state index in [0.29, 0.717) is 0 Å². The summed E-state index contributed by atoms with van der Waals surface area (Å²) in [5.74, 6) is 0. The van der Waals surface area contributed by atoms with Crippen LogP contribution in [0.15, 0.2) is 200 Å². The first-order valence-electron chi connectivity index (χ1n) is 18.9. The van der Waals surface area contributed by atoms with E-state index in [1.54, 1.807) is 0 Å². The number of aromatic nitrogens is 3. The Labute approximate surface area is 317 Å². The fraction of sp³-hybridized carbons (Fsp3) is 0. The second-order valence-electron chi connectivity index (χ2n) is 14.6. The van der Waals surface area contributed by atoms with Crippen molar-refractivity contribution in [2.24, 2.45) is 0 Å². The fourth-order valence-corrected chi connectivity index (χ4v) is 9.13. The summed E-state index contributed by atoms with van der Waals surface area (Å²) in [6.07, 6.45) is 0. The summed E-state index contributed by atoms with van der Waals surface area (Å²) in [6.45, 7) is 0. The van der Waals surface area contributed by atoms with Gasteiger partial charge >= 0.3 is 0 Å². The molecule has 12 rings (SSSR count). The predicted octanol–water partition coefficient (Wildman–Crippen LogP) is 13.8. The number of para-hydroxylation sites is 4. The zero-order chi connectivity index (χ0) is 36.0. The van der Waals surface area contributed by atoms with E-state index in [1.807, 2.05) is 0 Å². The van der Waals surface area contributed by atoms with Gasteiger partial charge in [0.2, 0.25) is 0 Å². The van der Waals surface area contributed by atoms with Crippen molar-refractivity contribution in [3.05, 3.63) is 200 Å². The van der Waals surface area contributed by atoms with Gasteiger partial charge in [-0.05, 0) is 113 Å². The van der Waals surface area contributed by atoms with Gasteiger partial charge in [-0.3, -0.25) is 0 Å². The van der Waals surface area contributed by atoms with Gasteiger partial charge < -0.3 is 13.7 Å². The summed E-state index contributed by atoms with van der Waals surface area (Å²) in [6, 6.07) is 73.3. The first kappa shape index (κ1) is 30.1. The Kier molecular flexibility index (Phi) is 6.34. The minimum absolute atomic E-state index is 1.15. The Bertz CT molecular complexity index is 3470. The smallest absolute Gasteiger partial charge is 0.0547 e. The molecule has 0 aliphatic rings. The molecule has 0 aliphatic heterocycles. The Morgan fingerprint density at radius 1 is 0.218 bits per heavy atom. The summed E-state index contributed by atoms with van der Waals surface area (Å²) in [5.41, 5.74) is 13.2. The number of hydrogen-bond donors (Lipinski definition) is 0. The van der Waals surface area contributed by atoms with Crippen LogP contribution < -0.4 is 0 Å². The maximum absolute atomic E-state index is 2.46. The first-order valence-corrected chi connectivity index (χ1v) is 18.9. The normalized spacial score (nSPS) is 12.0. The molecule has 256 valence electrons. The van der Waals surface area contributed by atoms with Crippen molar-refractivity contribution in [3.8, 4) is 28.2 Å². The first-order chi connectivity index (χ1) is 27.3. The molecule has 0 aliphatic carbocycles. The van der Waals surface area contributed by atoms with Gasteiger partial charge in [0.15, 0.2) is 0 Å². The molecule has 0 radical (unpaired) electrons. The highest BCUT2D eigenvalue weighted by molar-refractivity contribution is 6.16. The largest absolute Gasteiger partial charge is 0.309 e. The van der Waals surface area contributed by atoms with E-state index >= 15 is 0 Å². The highest BCUT2D eigenvalue weighted by Crippen LogP contribution is 2.41. The number of rotatable bonds is 4. The van der Waals surface area contributed by atoms with E-state index in [9.17, 15) is 0 Å². The van der Waals surface area contributed by atoms with Crippen LogP contribution in [0.1, 0.15) is 0 Å².